The second kappa shape index (κ2) is 10.2. The molecule has 0 aliphatic heterocycles. The third-order valence-electron chi connectivity index (χ3n) is 6.44. The van der Waals surface area contributed by atoms with Crippen LogP contribution in [0, 0.1) is 5.92 Å². The number of unbranched alkanes of at least 4 members (excludes halogenated alkanes) is 1. The maximum Gasteiger partial charge on any atom is 0.125 e. The van der Waals surface area contributed by atoms with Crippen LogP contribution < -0.4 is 4.74 Å². The van der Waals surface area contributed by atoms with Crippen LogP contribution in [0.4, 0.5) is 0 Å². The molecule has 0 saturated heterocycles. The van der Waals surface area contributed by atoms with Crippen LogP contribution >= 0.6 is 0 Å². The van der Waals surface area contributed by atoms with Gasteiger partial charge in [0.05, 0.1) is 36.5 Å². The maximum atomic E-state index is 10.3. The second-order valence-electron chi connectivity index (χ2n) is 8.50. The molecule has 1 atom stereocenters. The molecule has 4 nitrogen and oxygen atoms in total. The Morgan fingerprint density at radius 3 is 2.03 bits per heavy atom. The van der Waals surface area contributed by atoms with E-state index in [0.717, 1.165) is 40.7 Å². The molecule has 0 spiro atoms. The molecule has 0 aliphatic rings. The summed E-state index contributed by atoms with van der Waals surface area (Å²) in [7, 11) is 0. The van der Waals surface area contributed by atoms with Gasteiger partial charge in [-0.1, -0.05) is 69.5 Å². The Morgan fingerprint density at radius 2 is 1.47 bits per heavy atom. The number of hydrogen-bond donors (Lipinski definition) is 2. The van der Waals surface area contributed by atoms with Gasteiger partial charge in [-0.3, -0.25) is 0 Å². The van der Waals surface area contributed by atoms with Gasteiger partial charge in [0.15, 0.2) is 0 Å². The Morgan fingerprint density at radius 1 is 0.844 bits per heavy atom. The molecule has 0 bridgehead atoms. The average Bonchev–Trinajstić information content (AvgIpc) is 3.18. The van der Waals surface area contributed by atoms with Crippen molar-refractivity contribution in [2.45, 2.75) is 52.7 Å². The first-order valence-corrected chi connectivity index (χ1v) is 11.7. The fraction of sp³-hybridized carbons (Fsp3) is 0.357. The van der Waals surface area contributed by atoms with Gasteiger partial charge >= 0.3 is 0 Å². The third kappa shape index (κ3) is 4.25. The van der Waals surface area contributed by atoms with Crippen molar-refractivity contribution in [2.75, 3.05) is 6.61 Å². The van der Waals surface area contributed by atoms with Crippen molar-refractivity contribution in [1.29, 1.82) is 0 Å². The molecule has 4 heteroatoms. The lowest BCUT2D eigenvalue weighted by Crippen LogP contribution is -2.13. The van der Waals surface area contributed by atoms with Crippen molar-refractivity contribution in [3.05, 3.63) is 71.8 Å². The highest BCUT2D eigenvalue weighted by atomic mass is 16.5. The van der Waals surface area contributed by atoms with Crippen molar-refractivity contribution < 1.29 is 14.9 Å². The van der Waals surface area contributed by atoms with Crippen LogP contribution in [-0.4, -0.2) is 21.4 Å². The van der Waals surface area contributed by atoms with Crippen LogP contribution in [0.25, 0.3) is 27.5 Å². The van der Waals surface area contributed by atoms with Gasteiger partial charge in [-0.15, -0.1) is 0 Å². The van der Waals surface area contributed by atoms with E-state index < -0.39 is 0 Å². The van der Waals surface area contributed by atoms with Crippen LogP contribution in [0.1, 0.15) is 50.7 Å². The van der Waals surface area contributed by atoms with Crippen molar-refractivity contribution in [3.63, 3.8) is 0 Å². The van der Waals surface area contributed by atoms with E-state index in [9.17, 15) is 10.2 Å². The summed E-state index contributed by atoms with van der Waals surface area (Å²) in [5.74, 6) is 1.16. The predicted molar refractivity (Wildman–Crippen MR) is 131 cm³/mol. The summed E-state index contributed by atoms with van der Waals surface area (Å²) in [5.41, 5.74) is 4.55. The minimum Gasteiger partial charge on any atom is -0.493 e. The zero-order chi connectivity index (χ0) is 22.5. The first-order valence-electron chi connectivity index (χ1n) is 11.7. The molecular weight excluding hydrogens is 398 g/mol. The van der Waals surface area contributed by atoms with Gasteiger partial charge < -0.3 is 19.5 Å². The summed E-state index contributed by atoms with van der Waals surface area (Å²) >= 11 is 0. The molecule has 4 aromatic rings. The monoisotopic (exact) mass is 431 g/mol. The van der Waals surface area contributed by atoms with Crippen LogP contribution in [-0.2, 0) is 13.2 Å². The van der Waals surface area contributed by atoms with Gasteiger partial charge in [0.1, 0.15) is 5.75 Å². The van der Waals surface area contributed by atoms with E-state index in [-0.39, 0.29) is 13.2 Å². The number of nitrogens with zero attached hydrogens (tertiary/aromatic N) is 1. The predicted octanol–water partition coefficient (Wildman–Crippen LogP) is 6.36. The summed E-state index contributed by atoms with van der Waals surface area (Å²) in [6.45, 7) is 4.81. The smallest absolute Gasteiger partial charge is 0.125 e. The molecule has 2 N–H and O–H groups in total. The zero-order valence-electron chi connectivity index (χ0n) is 19.1. The van der Waals surface area contributed by atoms with Crippen molar-refractivity contribution in [3.8, 4) is 11.4 Å². The van der Waals surface area contributed by atoms with E-state index in [4.69, 9.17) is 4.74 Å². The fourth-order valence-electron chi connectivity index (χ4n) is 4.53. The van der Waals surface area contributed by atoms with Gasteiger partial charge in [0.2, 0.25) is 0 Å². The topological polar surface area (TPSA) is 54.6 Å². The fourth-order valence-corrected chi connectivity index (χ4v) is 4.53. The standard InChI is InChI=1S/C28H33NO3/c1-3-5-10-20(4-2)19-32-28-16-21(17-30)27(15-22(28)18-31)29-25-13-8-6-11-23(25)24-12-7-9-14-26(24)29/h6-9,11-16,20,30-31H,3-5,10,17-19H2,1-2H3. The number of ether oxygens (including phenoxy) is 1. The number of aliphatic hydroxyl groups excluding tert-OH is 2. The lowest BCUT2D eigenvalue weighted by molar-refractivity contribution is 0.220. The van der Waals surface area contributed by atoms with Crippen molar-refractivity contribution in [1.82, 2.24) is 4.57 Å². The zero-order valence-corrected chi connectivity index (χ0v) is 19.1. The van der Waals surface area contributed by atoms with Crippen LogP contribution in [0.2, 0.25) is 0 Å². The molecule has 1 heterocycles. The van der Waals surface area contributed by atoms with E-state index >= 15 is 0 Å². The SMILES string of the molecule is CCCCC(CC)COc1cc(CO)c(-n2c3ccccc3c3ccccc32)cc1CO. The second-order valence-corrected chi connectivity index (χ2v) is 8.50. The minimum absolute atomic E-state index is 0.106. The molecule has 1 unspecified atom stereocenters. The first kappa shape index (κ1) is 22.4. The molecule has 3 aromatic carbocycles. The Balaban J connectivity index is 1.79. The molecule has 0 radical (unpaired) electrons. The maximum absolute atomic E-state index is 10.3. The highest BCUT2D eigenvalue weighted by Gasteiger charge is 2.18. The Hall–Kier alpha value is -2.82. The van der Waals surface area contributed by atoms with Crippen molar-refractivity contribution >= 4 is 21.8 Å². The lowest BCUT2D eigenvalue weighted by atomic mass is 10.0. The molecule has 32 heavy (non-hydrogen) atoms. The van der Waals surface area contributed by atoms with Crippen molar-refractivity contribution in [2.24, 2.45) is 5.92 Å². The van der Waals surface area contributed by atoms with E-state index in [1.165, 1.54) is 23.6 Å². The number of aliphatic hydroxyl groups is 2. The summed E-state index contributed by atoms with van der Waals surface area (Å²) in [5, 5.41) is 22.7. The summed E-state index contributed by atoms with van der Waals surface area (Å²) < 4.78 is 8.36. The lowest BCUT2D eigenvalue weighted by Gasteiger charge is -2.20. The molecule has 0 saturated carbocycles. The average molecular weight is 432 g/mol. The van der Waals surface area contributed by atoms with E-state index in [0.29, 0.717) is 18.3 Å². The largest absolute Gasteiger partial charge is 0.493 e. The van der Waals surface area contributed by atoms with Gasteiger partial charge in [-0.05, 0) is 36.6 Å². The quantitative estimate of drug-likeness (QED) is 0.307. The van der Waals surface area contributed by atoms with E-state index in [1.807, 2.05) is 36.4 Å². The molecule has 168 valence electrons. The normalized spacial score (nSPS) is 12.5. The number of benzene rings is 3. The molecule has 0 aliphatic carbocycles. The van der Waals surface area contributed by atoms with E-state index in [2.05, 4.69) is 42.7 Å². The number of aromatic nitrogens is 1. The Labute approximate surface area is 190 Å². The minimum atomic E-state index is -0.114. The van der Waals surface area contributed by atoms with Crippen LogP contribution in [0.5, 0.6) is 5.75 Å². The number of rotatable bonds is 10. The molecular formula is C28H33NO3. The number of fused-ring (bicyclic) bond motifs is 3. The highest BCUT2D eigenvalue weighted by molar-refractivity contribution is 6.09. The Kier molecular flexibility index (Phi) is 7.13. The van der Waals surface area contributed by atoms with Gasteiger partial charge in [-0.2, -0.15) is 0 Å². The number of hydrogen-bond acceptors (Lipinski definition) is 3. The molecule has 4 rings (SSSR count). The molecule has 0 amide bonds. The van der Waals surface area contributed by atoms with Gasteiger partial charge in [-0.25, -0.2) is 0 Å². The summed E-state index contributed by atoms with van der Waals surface area (Å²) in [6, 6.07) is 20.5. The first-order chi connectivity index (χ1) is 15.7. The summed E-state index contributed by atoms with van der Waals surface area (Å²) in [4.78, 5) is 0. The van der Waals surface area contributed by atoms with Crippen LogP contribution in [0.3, 0.4) is 0 Å². The Bertz CT molecular complexity index is 1140. The van der Waals surface area contributed by atoms with Crippen LogP contribution in [0.15, 0.2) is 60.7 Å². The highest BCUT2D eigenvalue weighted by Crippen LogP contribution is 2.35. The number of para-hydroxylation sites is 2. The van der Waals surface area contributed by atoms with Gasteiger partial charge in [0.25, 0.3) is 0 Å². The molecule has 0 fully saturated rings. The van der Waals surface area contributed by atoms with E-state index in [1.54, 1.807) is 0 Å². The third-order valence-corrected chi connectivity index (χ3v) is 6.44. The molecule has 1 aromatic heterocycles. The van der Waals surface area contributed by atoms with Gasteiger partial charge in [0, 0.05) is 21.9 Å². The summed E-state index contributed by atoms with van der Waals surface area (Å²) in [6.07, 6.45) is 4.60.